The number of carboxylic acids is 1. The molecule has 2 rings (SSSR count). The van der Waals surface area contributed by atoms with Gasteiger partial charge in [0.25, 0.3) is 0 Å². The molecule has 2 aromatic heterocycles. The van der Waals surface area contributed by atoms with Crippen molar-refractivity contribution in [3.63, 3.8) is 0 Å². The molecule has 2 heterocycles. The van der Waals surface area contributed by atoms with Gasteiger partial charge in [-0.25, -0.2) is 4.79 Å². The Morgan fingerprint density at radius 3 is 2.92 bits per heavy atom. The van der Waals surface area contributed by atoms with E-state index in [9.17, 15) is 4.79 Å². The largest absolute Gasteiger partial charge is 0.478 e. The number of hydrogen-bond donors (Lipinski definition) is 1. The van der Waals surface area contributed by atoms with Crippen molar-refractivity contribution in [2.45, 2.75) is 0 Å². The molecule has 0 spiro atoms. The van der Waals surface area contributed by atoms with Crippen LogP contribution in [0.4, 0.5) is 0 Å². The van der Waals surface area contributed by atoms with Crippen molar-refractivity contribution in [2.24, 2.45) is 0 Å². The SMILES string of the molecule is O=C(O)c1ccc2cccn2c1. The molecule has 0 aliphatic rings. The Morgan fingerprint density at radius 2 is 2.17 bits per heavy atom. The van der Waals surface area contributed by atoms with E-state index in [0.717, 1.165) is 5.52 Å². The lowest BCUT2D eigenvalue weighted by molar-refractivity contribution is 0.0696. The van der Waals surface area contributed by atoms with Gasteiger partial charge in [-0.15, -0.1) is 0 Å². The summed E-state index contributed by atoms with van der Waals surface area (Å²) in [6.07, 6.45) is 3.42. The molecule has 2 aromatic rings. The topological polar surface area (TPSA) is 41.7 Å². The summed E-state index contributed by atoms with van der Waals surface area (Å²) in [5.74, 6) is -0.898. The molecule has 0 aromatic carbocycles. The van der Waals surface area contributed by atoms with Crippen LogP contribution in [0.5, 0.6) is 0 Å². The number of rotatable bonds is 1. The number of hydrogen-bond acceptors (Lipinski definition) is 1. The monoisotopic (exact) mass is 161 g/mol. The van der Waals surface area contributed by atoms with Gasteiger partial charge >= 0.3 is 5.97 Å². The van der Waals surface area contributed by atoms with Gasteiger partial charge in [0, 0.05) is 17.9 Å². The third kappa shape index (κ3) is 0.955. The molecule has 0 aliphatic heterocycles. The van der Waals surface area contributed by atoms with Crippen LogP contribution in [0, 0.1) is 0 Å². The van der Waals surface area contributed by atoms with Gasteiger partial charge in [0.05, 0.1) is 5.56 Å². The average Bonchev–Trinajstić information content (AvgIpc) is 2.49. The maximum absolute atomic E-state index is 10.6. The highest BCUT2D eigenvalue weighted by atomic mass is 16.4. The highest BCUT2D eigenvalue weighted by Crippen LogP contribution is 2.06. The standard InChI is InChI=1S/C9H7NO2/c11-9(12)7-3-4-8-2-1-5-10(8)6-7/h1-6H,(H,11,12). The van der Waals surface area contributed by atoms with E-state index in [0.29, 0.717) is 5.56 Å². The third-order valence-electron chi connectivity index (χ3n) is 1.77. The van der Waals surface area contributed by atoms with Crippen molar-refractivity contribution >= 4 is 11.5 Å². The average molecular weight is 161 g/mol. The summed E-state index contributed by atoms with van der Waals surface area (Å²) in [6, 6.07) is 7.17. The lowest BCUT2D eigenvalue weighted by Gasteiger charge is -1.96. The second kappa shape index (κ2) is 2.37. The minimum atomic E-state index is -0.898. The zero-order valence-corrected chi connectivity index (χ0v) is 6.27. The molecule has 60 valence electrons. The molecule has 3 nitrogen and oxygen atoms in total. The number of fused-ring (bicyclic) bond motifs is 1. The van der Waals surface area contributed by atoms with Gasteiger partial charge in [-0.1, -0.05) is 0 Å². The second-order valence-corrected chi connectivity index (χ2v) is 2.56. The molecule has 0 saturated heterocycles. The molecule has 12 heavy (non-hydrogen) atoms. The quantitative estimate of drug-likeness (QED) is 0.690. The minimum absolute atomic E-state index is 0.304. The van der Waals surface area contributed by atoms with E-state index >= 15 is 0 Å². The first-order chi connectivity index (χ1) is 5.77. The summed E-state index contributed by atoms with van der Waals surface area (Å²) < 4.78 is 1.78. The Kier molecular flexibility index (Phi) is 1.37. The van der Waals surface area contributed by atoms with Gasteiger partial charge in [-0.3, -0.25) is 0 Å². The molecule has 0 aliphatic carbocycles. The first-order valence-corrected chi connectivity index (χ1v) is 3.57. The molecular formula is C9H7NO2. The van der Waals surface area contributed by atoms with Gasteiger partial charge in [0.15, 0.2) is 0 Å². The van der Waals surface area contributed by atoms with Crippen LogP contribution in [0.3, 0.4) is 0 Å². The zero-order chi connectivity index (χ0) is 8.55. The molecule has 0 atom stereocenters. The first kappa shape index (κ1) is 6.91. The number of pyridine rings is 1. The van der Waals surface area contributed by atoms with Crippen molar-refractivity contribution in [3.8, 4) is 0 Å². The summed E-state index contributed by atoms with van der Waals surface area (Å²) in [5, 5.41) is 8.67. The van der Waals surface area contributed by atoms with Gasteiger partial charge in [-0.05, 0) is 24.3 Å². The minimum Gasteiger partial charge on any atom is -0.478 e. The fraction of sp³-hybridized carbons (Fsp3) is 0. The number of aromatic carboxylic acids is 1. The maximum Gasteiger partial charge on any atom is 0.337 e. The number of carbonyl (C=O) groups is 1. The fourth-order valence-electron chi connectivity index (χ4n) is 1.16. The Hall–Kier alpha value is -1.77. The van der Waals surface area contributed by atoms with Crippen LogP contribution >= 0.6 is 0 Å². The molecule has 0 bridgehead atoms. The van der Waals surface area contributed by atoms with E-state index in [1.807, 2.05) is 18.3 Å². The van der Waals surface area contributed by atoms with Crippen molar-refractivity contribution in [1.82, 2.24) is 4.40 Å². The first-order valence-electron chi connectivity index (χ1n) is 3.57. The van der Waals surface area contributed by atoms with Crippen LogP contribution in [0.25, 0.3) is 5.52 Å². The van der Waals surface area contributed by atoms with E-state index < -0.39 is 5.97 Å². The number of carboxylic acid groups (broad SMARTS) is 1. The Labute approximate surface area is 68.9 Å². The van der Waals surface area contributed by atoms with Crippen LogP contribution in [0.1, 0.15) is 10.4 Å². The molecule has 0 fully saturated rings. The highest BCUT2D eigenvalue weighted by Gasteiger charge is 2.01. The van der Waals surface area contributed by atoms with E-state index in [-0.39, 0.29) is 0 Å². The van der Waals surface area contributed by atoms with Gasteiger partial charge in [0.1, 0.15) is 0 Å². The van der Waals surface area contributed by atoms with Crippen LogP contribution in [-0.2, 0) is 0 Å². The van der Waals surface area contributed by atoms with Gasteiger partial charge < -0.3 is 9.51 Å². The predicted molar refractivity (Wildman–Crippen MR) is 44.4 cm³/mol. The summed E-state index contributed by atoms with van der Waals surface area (Å²) in [4.78, 5) is 10.6. The van der Waals surface area contributed by atoms with Crippen LogP contribution in [0.2, 0.25) is 0 Å². The van der Waals surface area contributed by atoms with Crippen molar-refractivity contribution in [3.05, 3.63) is 42.2 Å². The zero-order valence-electron chi connectivity index (χ0n) is 6.27. The lowest BCUT2D eigenvalue weighted by atomic mass is 10.3. The molecule has 0 unspecified atom stereocenters. The Balaban J connectivity index is 2.68. The summed E-state index contributed by atoms with van der Waals surface area (Å²) >= 11 is 0. The normalized spacial score (nSPS) is 10.3. The van der Waals surface area contributed by atoms with E-state index in [1.54, 1.807) is 22.7 Å². The van der Waals surface area contributed by atoms with Gasteiger partial charge in [-0.2, -0.15) is 0 Å². The third-order valence-corrected chi connectivity index (χ3v) is 1.77. The molecule has 3 heteroatoms. The number of aromatic nitrogens is 1. The molecule has 1 N–H and O–H groups in total. The summed E-state index contributed by atoms with van der Waals surface area (Å²) in [7, 11) is 0. The molecule has 0 amide bonds. The lowest BCUT2D eigenvalue weighted by Crippen LogP contribution is -1.97. The highest BCUT2D eigenvalue weighted by molar-refractivity contribution is 5.87. The van der Waals surface area contributed by atoms with Crippen molar-refractivity contribution in [2.75, 3.05) is 0 Å². The van der Waals surface area contributed by atoms with Crippen LogP contribution in [-0.4, -0.2) is 15.5 Å². The van der Waals surface area contributed by atoms with Crippen LogP contribution in [0.15, 0.2) is 36.7 Å². The predicted octanol–water partition coefficient (Wildman–Crippen LogP) is 1.64. The molecule has 0 radical (unpaired) electrons. The fourth-order valence-corrected chi connectivity index (χ4v) is 1.16. The number of nitrogens with zero attached hydrogens (tertiary/aromatic N) is 1. The van der Waals surface area contributed by atoms with Crippen LogP contribution < -0.4 is 0 Å². The Bertz CT molecular complexity index is 431. The van der Waals surface area contributed by atoms with E-state index in [1.165, 1.54) is 0 Å². The summed E-state index contributed by atoms with van der Waals surface area (Å²) in [6.45, 7) is 0. The van der Waals surface area contributed by atoms with E-state index in [2.05, 4.69) is 0 Å². The molecule has 0 saturated carbocycles. The van der Waals surface area contributed by atoms with E-state index in [4.69, 9.17) is 5.11 Å². The van der Waals surface area contributed by atoms with Crippen molar-refractivity contribution < 1.29 is 9.90 Å². The van der Waals surface area contributed by atoms with Crippen molar-refractivity contribution in [1.29, 1.82) is 0 Å². The van der Waals surface area contributed by atoms with Gasteiger partial charge in [0.2, 0.25) is 0 Å². The Morgan fingerprint density at radius 1 is 1.33 bits per heavy atom. The second-order valence-electron chi connectivity index (χ2n) is 2.56. The summed E-state index contributed by atoms with van der Waals surface area (Å²) in [5.41, 5.74) is 1.30. The smallest absolute Gasteiger partial charge is 0.337 e. The molecular weight excluding hydrogens is 154 g/mol. The maximum atomic E-state index is 10.6.